The molecule has 0 spiro atoms. The fourth-order valence-corrected chi connectivity index (χ4v) is 5.15. The second-order valence-corrected chi connectivity index (χ2v) is 7.03. The molecule has 1 aliphatic heterocycles. The lowest BCUT2D eigenvalue weighted by atomic mass is 10.2. The van der Waals surface area contributed by atoms with Gasteiger partial charge in [0.25, 0.3) is 0 Å². The molecule has 2 unspecified atom stereocenters. The first-order valence-electron chi connectivity index (χ1n) is 6.63. The van der Waals surface area contributed by atoms with Crippen molar-refractivity contribution in [1.29, 1.82) is 0 Å². The van der Waals surface area contributed by atoms with E-state index in [4.69, 9.17) is 5.73 Å². The Morgan fingerprint density at radius 2 is 2.05 bits per heavy atom. The summed E-state index contributed by atoms with van der Waals surface area (Å²) in [5.41, 5.74) is 6.38. The summed E-state index contributed by atoms with van der Waals surface area (Å²) in [5.74, 6) is 0.0916. The summed E-state index contributed by atoms with van der Waals surface area (Å²) < 4.78 is 28.9. The number of aromatic nitrogens is 2. The van der Waals surface area contributed by atoms with E-state index in [9.17, 15) is 8.42 Å². The van der Waals surface area contributed by atoms with Gasteiger partial charge in [-0.1, -0.05) is 6.92 Å². The highest BCUT2D eigenvalue weighted by molar-refractivity contribution is 7.89. The van der Waals surface area contributed by atoms with E-state index in [1.54, 1.807) is 18.3 Å². The number of sulfonamides is 1. The van der Waals surface area contributed by atoms with Crippen molar-refractivity contribution in [2.24, 2.45) is 7.05 Å². The quantitative estimate of drug-likeness (QED) is 0.907. The Morgan fingerprint density at radius 3 is 2.53 bits per heavy atom. The Hall–Kier alpha value is -1.08. The highest BCUT2D eigenvalue weighted by atomic mass is 32.2. The lowest BCUT2D eigenvalue weighted by molar-refractivity contribution is 0.328. The molecule has 1 aliphatic rings. The summed E-state index contributed by atoms with van der Waals surface area (Å²) in [5, 5.41) is 4.01. The smallest absolute Gasteiger partial charge is 0.249 e. The predicted octanol–water partition coefficient (Wildman–Crippen LogP) is 1.26. The van der Waals surface area contributed by atoms with Crippen LogP contribution in [0.3, 0.4) is 0 Å². The fraction of sp³-hybridized carbons (Fsp3) is 0.750. The summed E-state index contributed by atoms with van der Waals surface area (Å²) in [6.07, 6.45) is 2.63. The highest BCUT2D eigenvalue weighted by Gasteiger charge is 2.41. The van der Waals surface area contributed by atoms with E-state index in [1.165, 1.54) is 4.68 Å². The van der Waals surface area contributed by atoms with Gasteiger partial charge in [-0.05, 0) is 33.1 Å². The Labute approximate surface area is 114 Å². The molecule has 19 heavy (non-hydrogen) atoms. The van der Waals surface area contributed by atoms with Crippen LogP contribution in [0.15, 0.2) is 4.90 Å². The zero-order valence-corrected chi connectivity index (χ0v) is 12.7. The molecular formula is C12H22N4O2S. The maximum Gasteiger partial charge on any atom is 0.249 e. The lowest BCUT2D eigenvalue weighted by Gasteiger charge is -2.26. The second kappa shape index (κ2) is 4.79. The largest absolute Gasteiger partial charge is 0.381 e. The van der Waals surface area contributed by atoms with E-state index in [2.05, 4.69) is 5.10 Å². The van der Waals surface area contributed by atoms with Crippen molar-refractivity contribution in [3.63, 3.8) is 0 Å². The summed E-state index contributed by atoms with van der Waals surface area (Å²) in [7, 11) is -1.86. The van der Waals surface area contributed by atoms with Gasteiger partial charge >= 0.3 is 0 Å². The minimum atomic E-state index is -3.56. The van der Waals surface area contributed by atoms with Crippen molar-refractivity contribution in [3.8, 4) is 0 Å². The predicted molar refractivity (Wildman–Crippen MR) is 74.2 cm³/mol. The zero-order valence-electron chi connectivity index (χ0n) is 11.9. The Balaban J connectivity index is 2.53. The Kier molecular flexibility index (Phi) is 3.61. The maximum atomic E-state index is 12.9. The molecule has 108 valence electrons. The van der Waals surface area contributed by atoms with Crippen molar-refractivity contribution in [3.05, 3.63) is 5.69 Å². The minimum Gasteiger partial charge on any atom is -0.381 e. The van der Waals surface area contributed by atoms with Crippen molar-refractivity contribution < 1.29 is 8.42 Å². The first-order valence-corrected chi connectivity index (χ1v) is 8.07. The van der Waals surface area contributed by atoms with Crippen LogP contribution in [-0.2, 0) is 17.1 Å². The molecule has 1 aromatic heterocycles. The highest BCUT2D eigenvalue weighted by Crippen LogP contribution is 2.35. The molecule has 6 nitrogen and oxygen atoms in total. The summed E-state index contributed by atoms with van der Waals surface area (Å²) in [6.45, 7) is 5.71. The molecule has 0 aromatic carbocycles. The van der Waals surface area contributed by atoms with E-state index < -0.39 is 10.0 Å². The summed E-state index contributed by atoms with van der Waals surface area (Å²) >= 11 is 0. The number of nitrogens with zero attached hydrogens (tertiary/aromatic N) is 3. The third-order valence-electron chi connectivity index (χ3n) is 4.02. The molecule has 2 heterocycles. The third-order valence-corrected chi connectivity index (χ3v) is 6.26. The molecule has 1 fully saturated rings. The summed E-state index contributed by atoms with van der Waals surface area (Å²) in [6, 6.07) is 0.0907. The molecule has 1 aromatic rings. The minimum absolute atomic E-state index is 0.0222. The van der Waals surface area contributed by atoms with Crippen LogP contribution in [0.1, 0.15) is 38.8 Å². The number of hydrogen-bond acceptors (Lipinski definition) is 4. The number of nitrogen functional groups attached to an aromatic ring is 1. The second-order valence-electron chi connectivity index (χ2n) is 5.25. The molecule has 0 bridgehead atoms. The molecule has 0 aliphatic carbocycles. The van der Waals surface area contributed by atoms with Gasteiger partial charge in [0, 0.05) is 19.1 Å². The van der Waals surface area contributed by atoms with Gasteiger partial charge in [-0.25, -0.2) is 8.42 Å². The monoisotopic (exact) mass is 286 g/mol. The SMILES string of the molecule is CCC1CCC(C)N1S(=O)(=O)c1c(N)nn(C)c1C. The van der Waals surface area contributed by atoms with Crippen molar-refractivity contribution in [2.45, 2.75) is 57.0 Å². The molecule has 2 rings (SSSR count). The van der Waals surface area contributed by atoms with Crippen LogP contribution in [-0.4, -0.2) is 34.6 Å². The normalized spacial score (nSPS) is 25.1. The fourth-order valence-electron chi connectivity index (χ4n) is 2.90. The molecule has 0 amide bonds. The molecule has 2 atom stereocenters. The van der Waals surface area contributed by atoms with E-state index in [-0.39, 0.29) is 22.8 Å². The van der Waals surface area contributed by atoms with E-state index in [0.717, 1.165) is 19.3 Å². The number of nitrogens with two attached hydrogens (primary N) is 1. The van der Waals surface area contributed by atoms with E-state index in [1.807, 2.05) is 13.8 Å². The number of aryl methyl sites for hydroxylation is 1. The summed E-state index contributed by atoms with van der Waals surface area (Å²) in [4.78, 5) is 0.169. The van der Waals surface area contributed by atoms with Crippen LogP contribution in [0.5, 0.6) is 0 Å². The van der Waals surface area contributed by atoms with Crippen molar-refractivity contribution in [1.82, 2.24) is 14.1 Å². The number of rotatable bonds is 3. The van der Waals surface area contributed by atoms with Gasteiger partial charge in [0.05, 0.1) is 5.69 Å². The van der Waals surface area contributed by atoms with Crippen LogP contribution < -0.4 is 5.73 Å². The standard InChI is InChI=1S/C12H22N4O2S/c1-5-10-7-6-8(2)16(10)19(17,18)11-9(3)15(4)14-12(11)13/h8,10H,5-7H2,1-4H3,(H2,13,14). The Bertz CT molecular complexity index is 579. The molecule has 2 N–H and O–H groups in total. The molecule has 7 heteroatoms. The first-order chi connectivity index (χ1) is 8.80. The van der Waals surface area contributed by atoms with Crippen LogP contribution in [0.25, 0.3) is 0 Å². The van der Waals surface area contributed by atoms with Gasteiger partial charge in [0.15, 0.2) is 5.82 Å². The average molecular weight is 286 g/mol. The Morgan fingerprint density at radius 1 is 1.42 bits per heavy atom. The molecule has 0 saturated carbocycles. The lowest BCUT2D eigenvalue weighted by Crippen LogP contribution is -2.40. The third kappa shape index (κ3) is 2.14. The van der Waals surface area contributed by atoms with Gasteiger partial charge < -0.3 is 5.73 Å². The van der Waals surface area contributed by atoms with Crippen molar-refractivity contribution >= 4 is 15.8 Å². The van der Waals surface area contributed by atoms with Crippen LogP contribution in [0.2, 0.25) is 0 Å². The average Bonchev–Trinajstić information content (AvgIpc) is 2.81. The van der Waals surface area contributed by atoms with Gasteiger partial charge in [0.1, 0.15) is 4.90 Å². The van der Waals surface area contributed by atoms with Crippen LogP contribution in [0.4, 0.5) is 5.82 Å². The molecule has 1 saturated heterocycles. The van der Waals surface area contributed by atoms with Gasteiger partial charge in [-0.15, -0.1) is 0 Å². The van der Waals surface area contributed by atoms with Gasteiger partial charge in [-0.3, -0.25) is 4.68 Å². The van der Waals surface area contributed by atoms with E-state index in [0.29, 0.717) is 5.69 Å². The topological polar surface area (TPSA) is 81.2 Å². The van der Waals surface area contributed by atoms with Crippen molar-refractivity contribution in [2.75, 3.05) is 5.73 Å². The van der Waals surface area contributed by atoms with Gasteiger partial charge in [-0.2, -0.15) is 9.40 Å². The first kappa shape index (κ1) is 14.3. The number of anilines is 1. The molecular weight excluding hydrogens is 264 g/mol. The zero-order chi connectivity index (χ0) is 14.4. The molecule has 0 radical (unpaired) electrons. The maximum absolute atomic E-state index is 12.9. The van der Waals surface area contributed by atoms with E-state index >= 15 is 0 Å². The van der Waals surface area contributed by atoms with Crippen LogP contribution in [0, 0.1) is 6.92 Å². The van der Waals surface area contributed by atoms with Gasteiger partial charge in [0.2, 0.25) is 10.0 Å². The van der Waals surface area contributed by atoms with Crippen LogP contribution >= 0.6 is 0 Å². The number of hydrogen-bond donors (Lipinski definition) is 1.